The lowest BCUT2D eigenvalue weighted by Gasteiger charge is -2.19. The number of nitrogens with zero attached hydrogens (tertiary/aromatic N) is 5. The standard InChI is InChI=1S/C28H24ClF2N5O3/c1-28(2,38)27-32-9-8-20(35-27)21-12-23-16(13-33-21)6-4-3-5-7-18-11-24(25(29)26(37)36(18)23)39-15-22-19(31)10-17(30)14-34-22/h3,5,8-14,38H,4,6-7,15H2,1-2H3/b5-3-/i15D2. The van der Waals surface area contributed by atoms with Crippen molar-refractivity contribution in [1.82, 2.24) is 24.5 Å². The summed E-state index contributed by atoms with van der Waals surface area (Å²) in [5.74, 6) is -2.35. The number of fused-ring (bicyclic) bond motifs is 3. The van der Waals surface area contributed by atoms with Crippen LogP contribution < -0.4 is 10.3 Å². The van der Waals surface area contributed by atoms with Crippen molar-refractivity contribution in [3.05, 3.63) is 105 Å². The van der Waals surface area contributed by atoms with Gasteiger partial charge in [0.15, 0.2) is 11.6 Å². The zero-order valence-corrected chi connectivity index (χ0v) is 21.7. The molecule has 0 fully saturated rings. The van der Waals surface area contributed by atoms with Crippen LogP contribution >= 0.6 is 11.6 Å². The first-order valence-electron chi connectivity index (χ1n) is 13.0. The first-order valence-corrected chi connectivity index (χ1v) is 12.4. The number of aliphatic hydroxyl groups is 1. The summed E-state index contributed by atoms with van der Waals surface area (Å²) < 4.78 is 50.9. The molecule has 0 aromatic carbocycles. The minimum Gasteiger partial charge on any atom is -0.485 e. The lowest BCUT2D eigenvalue weighted by molar-refractivity contribution is 0.0688. The second-order valence-electron chi connectivity index (χ2n) is 9.38. The number of aromatic nitrogens is 5. The summed E-state index contributed by atoms with van der Waals surface area (Å²) >= 11 is 6.44. The summed E-state index contributed by atoms with van der Waals surface area (Å²) in [5.41, 5.74) is -0.274. The molecule has 0 radical (unpaired) electrons. The molecule has 1 aliphatic rings. The molecule has 0 saturated carbocycles. The number of hydrogen-bond donors (Lipinski definition) is 1. The fraction of sp³-hybridized carbons (Fsp3) is 0.250. The van der Waals surface area contributed by atoms with Crippen LogP contribution in [0.1, 0.15) is 45.8 Å². The average molecular weight is 554 g/mol. The molecule has 0 saturated heterocycles. The van der Waals surface area contributed by atoms with Gasteiger partial charge in [-0.25, -0.2) is 18.7 Å². The second kappa shape index (κ2) is 10.6. The van der Waals surface area contributed by atoms with Crippen LogP contribution in [0.3, 0.4) is 0 Å². The molecular formula is C28H24ClF2N5O3. The van der Waals surface area contributed by atoms with Gasteiger partial charge in [-0.2, -0.15) is 0 Å². The van der Waals surface area contributed by atoms with E-state index in [1.165, 1.54) is 16.8 Å². The highest BCUT2D eigenvalue weighted by atomic mass is 35.5. The molecule has 0 atom stereocenters. The highest BCUT2D eigenvalue weighted by Gasteiger charge is 2.22. The Hall–Kier alpha value is -4.02. The van der Waals surface area contributed by atoms with Crippen molar-refractivity contribution in [2.75, 3.05) is 0 Å². The maximum absolute atomic E-state index is 14.3. The molecule has 200 valence electrons. The largest absolute Gasteiger partial charge is 0.485 e. The monoisotopic (exact) mass is 553 g/mol. The molecule has 0 amide bonds. The van der Waals surface area contributed by atoms with Crippen molar-refractivity contribution in [3.63, 3.8) is 0 Å². The summed E-state index contributed by atoms with van der Waals surface area (Å²) in [6, 6.07) is 5.22. The average Bonchev–Trinajstić information content (AvgIpc) is 2.99. The Labute approximate surface area is 230 Å². The third-order valence-electron chi connectivity index (χ3n) is 6.00. The van der Waals surface area contributed by atoms with Gasteiger partial charge in [0, 0.05) is 36.6 Å². The highest BCUT2D eigenvalue weighted by Crippen LogP contribution is 2.29. The zero-order valence-electron chi connectivity index (χ0n) is 23.0. The molecule has 5 rings (SSSR count). The molecule has 5 heterocycles. The predicted molar refractivity (Wildman–Crippen MR) is 141 cm³/mol. The third-order valence-corrected chi connectivity index (χ3v) is 6.35. The maximum atomic E-state index is 14.3. The van der Waals surface area contributed by atoms with Gasteiger partial charge >= 0.3 is 0 Å². The van der Waals surface area contributed by atoms with Crippen molar-refractivity contribution < 1.29 is 21.4 Å². The third kappa shape index (κ3) is 5.57. The Bertz CT molecular complexity index is 1740. The SMILES string of the molecule is [2H]C([2H])(Oc1cc2n(c(=O)c1Cl)-c1cc(-c3ccnc(C(C)(C)O)n3)ncc1CC/C=C\C2)c1ncc(F)cc1F. The Balaban J connectivity index is 1.64. The van der Waals surface area contributed by atoms with Gasteiger partial charge in [-0.05, 0) is 44.4 Å². The summed E-state index contributed by atoms with van der Waals surface area (Å²) in [5, 5.41) is 9.92. The first-order chi connectivity index (χ1) is 19.3. The number of aryl methyl sites for hydroxylation is 1. The molecule has 0 bridgehead atoms. The minimum absolute atomic E-state index is 0.202. The molecule has 0 spiro atoms. The normalized spacial score (nSPS) is 15.1. The Kier molecular flexibility index (Phi) is 6.55. The lowest BCUT2D eigenvalue weighted by atomic mass is 10.1. The van der Waals surface area contributed by atoms with Crippen LogP contribution in [0.4, 0.5) is 8.78 Å². The predicted octanol–water partition coefficient (Wildman–Crippen LogP) is 4.87. The van der Waals surface area contributed by atoms with Gasteiger partial charge in [-0.15, -0.1) is 0 Å². The van der Waals surface area contributed by atoms with Gasteiger partial charge in [0.1, 0.15) is 34.4 Å². The van der Waals surface area contributed by atoms with Crippen molar-refractivity contribution in [2.45, 2.75) is 45.3 Å². The van der Waals surface area contributed by atoms with Crippen LogP contribution in [0.2, 0.25) is 5.02 Å². The van der Waals surface area contributed by atoms with Gasteiger partial charge < -0.3 is 9.84 Å². The minimum atomic E-state index is -2.87. The van der Waals surface area contributed by atoms with Crippen molar-refractivity contribution in [1.29, 1.82) is 0 Å². The Morgan fingerprint density at radius 3 is 2.74 bits per heavy atom. The zero-order chi connectivity index (χ0) is 29.5. The van der Waals surface area contributed by atoms with Crippen LogP contribution in [0, 0.1) is 11.6 Å². The van der Waals surface area contributed by atoms with E-state index < -0.39 is 40.1 Å². The number of ether oxygens (including phenoxy) is 1. The number of pyridine rings is 3. The van der Waals surface area contributed by atoms with Crippen molar-refractivity contribution in [2.24, 2.45) is 0 Å². The molecule has 0 unspecified atom stereocenters. The summed E-state index contributed by atoms with van der Waals surface area (Å²) in [7, 11) is 0. The lowest BCUT2D eigenvalue weighted by Crippen LogP contribution is -2.24. The van der Waals surface area contributed by atoms with Crippen LogP contribution in [0.15, 0.2) is 59.8 Å². The number of hydrogen-bond acceptors (Lipinski definition) is 7. The summed E-state index contributed by atoms with van der Waals surface area (Å²) in [6.45, 7) is 0.259. The van der Waals surface area contributed by atoms with E-state index in [9.17, 15) is 18.7 Å². The quantitative estimate of drug-likeness (QED) is 0.352. The van der Waals surface area contributed by atoms with E-state index in [4.69, 9.17) is 19.1 Å². The van der Waals surface area contributed by atoms with Crippen LogP contribution in [-0.4, -0.2) is 29.6 Å². The summed E-state index contributed by atoms with van der Waals surface area (Å²) in [4.78, 5) is 30.3. The molecular weight excluding hydrogens is 528 g/mol. The van der Waals surface area contributed by atoms with Gasteiger partial charge in [0.25, 0.3) is 5.56 Å². The molecule has 4 aromatic heterocycles. The maximum Gasteiger partial charge on any atom is 0.277 e. The molecule has 1 aliphatic heterocycles. The van der Waals surface area contributed by atoms with E-state index in [2.05, 4.69) is 19.9 Å². The molecule has 1 N–H and O–H groups in total. The Morgan fingerprint density at radius 1 is 1.15 bits per heavy atom. The van der Waals surface area contributed by atoms with E-state index in [0.29, 0.717) is 47.9 Å². The van der Waals surface area contributed by atoms with E-state index >= 15 is 0 Å². The number of halogens is 3. The van der Waals surface area contributed by atoms with Gasteiger partial charge in [-0.1, -0.05) is 23.8 Å². The van der Waals surface area contributed by atoms with Gasteiger partial charge in [-0.3, -0.25) is 19.3 Å². The molecule has 11 heteroatoms. The van der Waals surface area contributed by atoms with E-state index in [1.54, 1.807) is 32.2 Å². The van der Waals surface area contributed by atoms with E-state index in [0.717, 1.165) is 5.56 Å². The second-order valence-corrected chi connectivity index (χ2v) is 9.76. The van der Waals surface area contributed by atoms with Gasteiger partial charge in [0.2, 0.25) is 0 Å². The fourth-order valence-electron chi connectivity index (χ4n) is 4.07. The fourth-order valence-corrected chi connectivity index (χ4v) is 4.24. The van der Waals surface area contributed by atoms with Crippen LogP contribution in [0.25, 0.3) is 17.1 Å². The van der Waals surface area contributed by atoms with Crippen molar-refractivity contribution >= 4 is 11.6 Å². The highest BCUT2D eigenvalue weighted by molar-refractivity contribution is 6.31. The van der Waals surface area contributed by atoms with Crippen molar-refractivity contribution in [3.8, 4) is 22.8 Å². The van der Waals surface area contributed by atoms with E-state index in [-0.39, 0.29) is 18.0 Å². The number of rotatable bonds is 5. The van der Waals surface area contributed by atoms with Gasteiger partial charge in [0.05, 0.1) is 26.0 Å². The van der Waals surface area contributed by atoms with Crippen LogP contribution in [-0.2, 0) is 25.0 Å². The van der Waals surface area contributed by atoms with E-state index in [1.807, 2.05) is 12.2 Å². The molecule has 8 nitrogen and oxygen atoms in total. The summed E-state index contributed by atoms with van der Waals surface area (Å²) in [6.07, 6.45) is 9.13. The topological polar surface area (TPSA) is 103 Å². The molecule has 39 heavy (non-hydrogen) atoms. The molecule has 4 aromatic rings. The molecule has 0 aliphatic carbocycles. The smallest absolute Gasteiger partial charge is 0.277 e. The first kappa shape index (κ1) is 24.1. The Morgan fingerprint density at radius 2 is 1.97 bits per heavy atom. The number of allylic oxidation sites excluding steroid dienone is 2. The van der Waals surface area contributed by atoms with Crippen LogP contribution in [0.5, 0.6) is 5.75 Å².